The highest BCUT2D eigenvalue weighted by Crippen LogP contribution is 2.24. The Hall–Kier alpha value is -2.82. The van der Waals surface area contributed by atoms with E-state index >= 15 is 0 Å². The van der Waals surface area contributed by atoms with Gasteiger partial charge in [0.15, 0.2) is 0 Å². The highest BCUT2D eigenvalue weighted by molar-refractivity contribution is 6.04. The van der Waals surface area contributed by atoms with Crippen molar-refractivity contribution in [1.29, 1.82) is 0 Å². The van der Waals surface area contributed by atoms with Gasteiger partial charge in [-0.05, 0) is 24.3 Å². The molecule has 21 heavy (non-hydrogen) atoms. The lowest BCUT2D eigenvalue weighted by molar-refractivity contribution is -0.118. The van der Waals surface area contributed by atoms with Crippen LogP contribution in [0.1, 0.15) is 16.8 Å². The fourth-order valence-corrected chi connectivity index (χ4v) is 1.74. The molecule has 0 aromatic heterocycles. The first-order valence-corrected chi connectivity index (χ1v) is 6.53. The maximum absolute atomic E-state index is 12.1. The minimum absolute atomic E-state index is 0.126. The third kappa shape index (κ3) is 4.35. The Kier molecular flexibility index (Phi) is 4.93. The summed E-state index contributed by atoms with van der Waals surface area (Å²) in [6.45, 7) is 0.174. The Morgan fingerprint density at radius 3 is 2.38 bits per heavy atom. The van der Waals surface area contributed by atoms with Crippen LogP contribution in [0.2, 0.25) is 0 Å². The van der Waals surface area contributed by atoms with Gasteiger partial charge in [-0.2, -0.15) is 0 Å². The van der Waals surface area contributed by atoms with Gasteiger partial charge in [-0.25, -0.2) is 0 Å². The zero-order chi connectivity index (χ0) is 15.1. The third-order valence-corrected chi connectivity index (χ3v) is 2.78. The summed E-state index contributed by atoms with van der Waals surface area (Å²) in [4.78, 5) is 22.8. The fourth-order valence-electron chi connectivity index (χ4n) is 1.74. The van der Waals surface area contributed by atoms with Crippen LogP contribution in [0.4, 0.5) is 5.69 Å². The van der Waals surface area contributed by atoms with E-state index in [0.717, 1.165) is 0 Å². The molecule has 0 spiro atoms. The first-order valence-electron chi connectivity index (χ1n) is 6.53. The van der Waals surface area contributed by atoms with Gasteiger partial charge in [0.2, 0.25) is 5.91 Å². The second-order valence-corrected chi connectivity index (χ2v) is 4.38. The highest BCUT2D eigenvalue weighted by atomic mass is 16.5. The molecule has 0 atom stereocenters. The topological polar surface area (TPSA) is 81.4 Å². The summed E-state index contributed by atoms with van der Waals surface area (Å²) in [5.41, 5.74) is 6.17. The number of anilines is 1. The second kappa shape index (κ2) is 7.09. The summed E-state index contributed by atoms with van der Waals surface area (Å²) in [6, 6.07) is 15.9. The molecular formula is C16H16N2O3. The van der Waals surface area contributed by atoms with Crippen molar-refractivity contribution in [3.8, 4) is 5.75 Å². The number of primary amides is 1. The molecule has 2 amide bonds. The van der Waals surface area contributed by atoms with Crippen molar-refractivity contribution in [2.24, 2.45) is 5.73 Å². The average Bonchev–Trinajstić information content (AvgIpc) is 2.49. The molecular weight excluding hydrogens is 268 g/mol. The van der Waals surface area contributed by atoms with Crippen molar-refractivity contribution in [2.75, 3.05) is 11.9 Å². The molecule has 0 aliphatic carbocycles. The molecule has 0 saturated heterocycles. The summed E-state index contributed by atoms with van der Waals surface area (Å²) < 4.78 is 5.47. The zero-order valence-electron chi connectivity index (χ0n) is 11.4. The van der Waals surface area contributed by atoms with E-state index < -0.39 is 5.91 Å². The Labute approximate surface area is 122 Å². The van der Waals surface area contributed by atoms with Crippen LogP contribution in [0.15, 0.2) is 54.6 Å². The summed E-state index contributed by atoms with van der Waals surface area (Å²) in [5, 5.41) is 2.78. The predicted octanol–water partition coefficient (Wildman–Crippen LogP) is 2.19. The number of hydrogen-bond donors (Lipinski definition) is 2. The summed E-state index contributed by atoms with van der Waals surface area (Å²) in [5.74, 6) is -0.148. The smallest absolute Gasteiger partial charge is 0.255 e. The number of carbonyl (C=O) groups is 2. The van der Waals surface area contributed by atoms with E-state index in [1.807, 2.05) is 6.07 Å². The van der Waals surface area contributed by atoms with E-state index in [9.17, 15) is 9.59 Å². The quantitative estimate of drug-likeness (QED) is 0.853. The zero-order valence-corrected chi connectivity index (χ0v) is 11.4. The lowest BCUT2D eigenvalue weighted by atomic mass is 10.2. The fraction of sp³-hybridized carbons (Fsp3) is 0.125. The molecule has 2 aromatic rings. The van der Waals surface area contributed by atoms with Crippen molar-refractivity contribution in [3.63, 3.8) is 0 Å². The van der Waals surface area contributed by atoms with Gasteiger partial charge < -0.3 is 15.8 Å². The van der Waals surface area contributed by atoms with Gasteiger partial charge in [0.1, 0.15) is 5.75 Å². The van der Waals surface area contributed by atoms with E-state index in [0.29, 0.717) is 17.0 Å². The first-order chi connectivity index (χ1) is 10.2. The second-order valence-electron chi connectivity index (χ2n) is 4.38. The predicted molar refractivity (Wildman–Crippen MR) is 80.1 cm³/mol. The standard InChI is InChI=1S/C16H16N2O3/c17-15(19)10-11-21-14-9-5-4-8-13(14)18-16(20)12-6-2-1-3-7-12/h1-9H,10-11H2,(H2,17,19)(H,18,20). The summed E-state index contributed by atoms with van der Waals surface area (Å²) in [7, 11) is 0. The van der Waals surface area contributed by atoms with Crippen LogP contribution in [0, 0.1) is 0 Å². The Morgan fingerprint density at radius 1 is 1.00 bits per heavy atom. The van der Waals surface area contributed by atoms with E-state index in [4.69, 9.17) is 10.5 Å². The lowest BCUT2D eigenvalue weighted by Crippen LogP contribution is -2.16. The molecule has 0 radical (unpaired) electrons. The Bertz CT molecular complexity index is 626. The molecule has 3 N–H and O–H groups in total. The number of hydrogen-bond acceptors (Lipinski definition) is 3. The third-order valence-electron chi connectivity index (χ3n) is 2.78. The van der Waals surface area contributed by atoms with E-state index in [1.54, 1.807) is 48.5 Å². The van der Waals surface area contributed by atoms with Crippen LogP contribution in [0.25, 0.3) is 0 Å². The SMILES string of the molecule is NC(=O)CCOc1ccccc1NC(=O)c1ccccc1. The number of rotatable bonds is 6. The van der Waals surface area contributed by atoms with Gasteiger partial charge in [0.25, 0.3) is 5.91 Å². The van der Waals surface area contributed by atoms with Crippen LogP contribution in [-0.2, 0) is 4.79 Å². The van der Waals surface area contributed by atoms with E-state index in [1.165, 1.54) is 0 Å². The molecule has 108 valence electrons. The van der Waals surface area contributed by atoms with Gasteiger partial charge in [0.05, 0.1) is 18.7 Å². The number of nitrogens with two attached hydrogens (primary N) is 1. The van der Waals surface area contributed by atoms with Crippen LogP contribution >= 0.6 is 0 Å². The number of nitrogens with one attached hydrogen (secondary N) is 1. The summed E-state index contributed by atoms with van der Waals surface area (Å²) >= 11 is 0. The molecule has 0 unspecified atom stereocenters. The molecule has 0 aliphatic heterocycles. The number of para-hydroxylation sites is 2. The maximum atomic E-state index is 12.1. The van der Waals surface area contributed by atoms with Gasteiger partial charge in [-0.15, -0.1) is 0 Å². The molecule has 0 aliphatic rings. The van der Waals surface area contributed by atoms with Crippen molar-refractivity contribution < 1.29 is 14.3 Å². The number of ether oxygens (including phenoxy) is 1. The van der Waals surface area contributed by atoms with Crippen LogP contribution in [-0.4, -0.2) is 18.4 Å². The van der Waals surface area contributed by atoms with Crippen molar-refractivity contribution in [3.05, 3.63) is 60.2 Å². The van der Waals surface area contributed by atoms with Crippen LogP contribution < -0.4 is 15.8 Å². The van der Waals surface area contributed by atoms with Crippen molar-refractivity contribution in [2.45, 2.75) is 6.42 Å². The van der Waals surface area contributed by atoms with Crippen molar-refractivity contribution >= 4 is 17.5 Å². The van der Waals surface area contributed by atoms with Crippen LogP contribution in [0.3, 0.4) is 0 Å². The largest absolute Gasteiger partial charge is 0.491 e. The number of amides is 2. The summed E-state index contributed by atoms with van der Waals surface area (Å²) in [6.07, 6.45) is 0.126. The monoisotopic (exact) mass is 284 g/mol. The number of carbonyl (C=O) groups excluding carboxylic acids is 2. The molecule has 0 fully saturated rings. The lowest BCUT2D eigenvalue weighted by Gasteiger charge is -2.12. The minimum Gasteiger partial charge on any atom is -0.491 e. The van der Waals surface area contributed by atoms with Gasteiger partial charge >= 0.3 is 0 Å². The minimum atomic E-state index is -0.430. The molecule has 5 nitrogen and oxygen atoms in total. The molecule has 0 bridgehead atoms. The Morgan fingerprint density at radius 2 is 1.67 bits per heavy atom. The molecule has 2 rings (SSSR count). The number of benzene rings is 2. The van der Waals surface area contributed by atoms with Crippen LogP contribution in [0.5, 0.6) is 5.75 Å². The Balaban J connectivity index is 2.06. The average molecular weight is 284 g/mol. The normalized spacial score (nSPS) is 9.90. The van der Waals surface area contributed by atoms with Gasteiger partial charge in [-0.3, -0.25) is 9.59 Å². The molecule has 0 heterocycles. The van der Waals surface area contributed by atoms with E-state index in [-0.39, 0.29) is 18.9 Å². The first kappa shape index (κ1) is 14.6. The molecule has 0 saturated carbocycles. The highest BCUT2D eigenvalue weighted by Gasteiger charge is 2.09. The van der Waals surface area contributed by atoms with Gasteiger partial charge in [0, 0.05) is 5.56 Å². The molecule has 2 aromatic carbocycles. The van der Waals surface area contributed by atoms with Crippen molar-refractivity contribution in [1.82, 2.24) is 0 Å². The molecule has 5 heteroatoms. The maximum Gasteiger partial charge on any atom is 0.255 e. The van der Waals surface area contributed by atoms with E-state index in [2.05, 4.69) is 5.32 Å². The van der Waals surface area contributed by atoms with Gasteiger partial charge in [-0.1, -0.05) is 30.3 Å².